The summed E-state index contributed by atoms with van der Waals surface area (Å²) in [5.41, 5.74) is 3.12. The second-order valence-corrected chi connectivity index (χ2v) is 9.18. The number of aryl methyl sites for hydroxylation is 1. The van der Waals surface area contributed by atoms with Crippen LogP contribution in [-0.4, -0.2) is 39.7 Å². The first-order valence-corrected chi connectivity index (χ1v) is 11.5. The van der Waals surface area contributed by atoms with E-state index in [1.807, 2.05) is 42.6 Å². The SMILES string of the molecule is Cc1ncccc1N1C[C@]2(CC[C@@H](CNc3nc(-c4ccccn4)cs3)CC2)OC1=O. The maximum absolute atomic E-state index is 12.6. The third kappa shape index (κ3) is 4.12. The van der Waals surface area contributed by atoms with Gasteiger partial charge in [-0.3, -0.25) is 14.9 Å². The van der Waals surface area contributed by atoms with Crippen molar-refractivity contribution in [1.82, 2.24) is 15.0 Å². The number of nitrogens with one attached hydrogen (secondary N) is 1. The van der Waals surface area contributed by atoms with E-state index >= 15 is 0 Å². The number of anilines is 2. The van der Waals surface area contributed by atoms with Gasteiger partial charge >= 0.3 is 6.09 Å². The standard InChI is InChI=1S/C23H25N5O2S/c1-16-20(6-4-12-24-16)28-15-23(30-22(28)29)9-7-17(8-10-23)13-26-21-27-19(14-31-21)18-5-2-3-11-25-18/h2-6,11-12,14,17H,7-10,13,15H2,1H3,(H,26,27)/t17-,23-. The van der Waals surface area contributed by atoms with Crippen molar-refractivity contribution in [3.05, 3.63) is 53.8 Å². The molecule has 2 fully saturated rings. The first kappa shape index (κ1) is 19.9. The van der Waals surface area contributed by atoms with Gasteiger partial charge in [-0.05, 0) is 62.8 Å². The highest BCUT2D eigenvalue weighted by molar-refractivity contribution is 7.14. The molecule has 1 aliphatic heterocycles. The lowest BCUT2D eigenvalue weighted by molar-refractivity contribution is 0.0148. The Kier molecular flexibility index (Phi) is 5.31. The average molecular weight is 436 g/mol. The normalized spacial score (nSPS) is 23.2. The molecule has 31 heavy (non-hydrogen) atoms. The second-order valence-electron chi connectivity index (χ2n) is 8.32. The zero-order chi connectivity index (χ0) is 21.3. The Morgan fingerprint density at radius 1 is 1.16 bits per heavy atom. The van der Waals surface area contributed by atoms with E-state index in [4.69, 9.17) is 4.74 Å². The maximum Gasteiger partial charge on any atom is 0.415 e. The molecule has 1 aliphatic carbocycles. The van der Waals surface area contributed by atoms with Crippen LogP contribution in [0.25, 0.3) is 11.4 Å². The smallest absolute Gasteiger partial charge is 0.415 e. The topological polar surface area (TPSA) is 80.2 Å². The van der Waals surface area contributed by atoms with Gasteiger partial charge in [0.25, 0.3) is 0 Å². The van der Waals surface area contributed by atoms with E-state index in [1.54, 1.807) is 28.6 Å². The second kappa shape index (κ2) is 8.26. The lowest BCUT2D eigenvalue weighted by Gasteiger charge is -2.35. The van der Waals surface area contributed by atoms with Crippen LogP contribution in [0.5, 0.6) is 0 Å². The van der Waals surface area contributed by atoms with Gasteiger partial charge in [-0.25, -0.2) is 9.78 Å². The summed E-state index contributed by atoms with van der Waals surface area (Å²) >= 11 is 1.61. The number of nitrogens with zero attached hydrogens (tertiary/aromatic N) is 4. The summed E-state index contributed by atoms with van der Waals surface area (Å²) in [6, 6.07) is 9.65. The predicted octanol–water partition coefficient (Wildman–Crippen LogP) is 4.91. The highest BCUT2D eigenvalue weighted by Crippen LogP contribution is 2.41. The Hall–Kier alpha value is -3.00. The minimum atomic E-state index is -0.372. The zero-order valence-corrected chi connectivity index (χ0v) is 18.3. The fraction of sp³-hybridized carbons (Fsp3) is 0.391. The fourth-order valence-corrected chi connectivity index (χ4v) is 5.17. The molecule has 1 saturated carbocycles. The number of hydrogen-bond acceptors (Lipinski definition) is 7. The minimum Gasteiger partial charge on any atom is -0.441 e. The van der Waals surface area contributed by atoms with E-state index in [-0.39, 0.29) is 11.7 Å². The van der Waals surface area contributed by atoms with E-state index in [2.05, 4.69) is 20.3 Å². The number of hydrogen-bond donors (Lipinski definition) is 1. The molecule has 3 aromatic rings. The van der Waals surface area contributed by atoms with Crippen LogP contribution in [0.4, 0.5) is 15.6 Å². The molecule has 0 aromatic carbocycles. The van der Waals surface area contributed by atoms with E-state index in [0.29, 0.717) is 12.5 Å². The van der Waals surface area contributed by atoms with Gasteiger partial charge in [-0.2, -0.15) is 0 Å². The van der Waals surface area contributed by atoms with Crippen LogP contribution in [0, 0.1) is 12.8 Å². The number of pyridine rings is 2. The molecule has 0 radical (unpaired) electrons. The maximum atomic E-state index is 12.6. The molecular weight excluding hydrogens is 410 g/mol. The third-order valence-electron chi connectivity index (χ3n) is 6.23. The summed E-state index contributed by atoms with van der Waals surface area (Å²) in [5.74, 6) is 0.542. The first-order valence-electron chi connectivity index (χ1n) is 10.6. The third-order valence-corrected chi connectivity index (χ3v) is 7.03. The van der Waals surface area contributed by atoms with E-state index < -0.39 is 0 Å². The van der Waals surface area contributed by atoms with Crippen LogP contribution >= 0.6 is 11.3 Å². The molecule has 8 heteroatoms. The number of amides is 1. The first-order chi connectivity index (χ1) is 15.1. The highest BCUT2D eigenvalue weighted by Gasteiger charge is 2.47. The minimum absolute atomic E-state index is 0.252. The Balaban J connectivity index is 1.16. The van der Waals surface area contributed by atoms with Gasteiger partial charge in [0.15, 0.2) is 5.13 Å². The van der Waals surface area contributed by atoms with Crippen molar-refractivity contribution in [2.45, 2.75) is 38.2 Å². The molecule has 0 unspecified atom stereocenters. The molecule has 160 valence electrons. The van der Waals surface area contributed by atoms with E-state index in [1.165, 1.54) is 0 Å². The number of aromatic nitrogens is 3. The number of carbonyl (C=O) groups is 1. The lowest BCUT2D eigenvalue weighted by Crippen LogP contribution is -2.39. The van der Waals surface area contributed by atoms with Crippen LogP contribution in [0.2, 0.25) is 0 Å². The number of rotatable bonds is 5. The summed E-state index contributed by atoms with van der Waals surface area (Å²) in [6.07, 6.45) is 7.10. The summed E-state index contributed by atoms with van der Waals surface area (Å²) in [5, 5.41) is 6.45. The van der Waals surface area contributed by atoms with Crippen molar-refractivity contribution in [2.24, 2.45) is 5.92 Å². The monoisotopic (exact) mass is 435 g/mol. The Labute approximate surface area is 185 Å². The molecule has 1 N–H and O–H groups in total. The highest BCUT2D eigenvalue weighted by atomic mass is 32.1. The molecule has 7 nitrogen and oxygen atoms in total. The number of ether oxygens (including phenoxy) is 1. The van der Waals surface area contributed by atoms with Crippen molar-refractivity contribution in [3.63, 3.8) is 0 Å². The van der Waals surface area contributed by atoms with Crippen molar-refractivity contribution >= 4 is 28.2 Å². The lowest BCUT2D eigenvalue weighted by atomic mass is 9.78. The molecule has 1 saturated heterocycles. The van der Waals surface area contributed by atoms with Gasteiger partial charge < -0.3 is 10.1 Å². The molecule has 5 rings (SSSR count). The van der Waals surface area contributed by atoms with Crippen molar-refractivity contribution in [1.29, 1.82) is 0 Å². The van der Waals surface area contributed by atoms with Crippen LogP contribution in [0.3, 0.4) is 0 Å². The molecule has 4 heterocycles. The van der Waals surface area contributed by atoms with Gasteiger partial charge in [0.05, 0.1) is 23.6 Å². The molecule has 1 spiro atoms. The fourth-order valence-electron chi connectivity index (χ4n) is 4.46. The predicted molar refractivity (Wildman–Crippen MR) is 121 cm³/mol. The van der Waals surface area contributed by atoms with Gasteiger partial charge in [0.1, 0.15) is 11.3 Å². The van der Waals surface area contributed by atoms with Crippen LogP contribution in [0.15, 0.2) is 48.1 Å². The van der Waals surface area contributed by atoms with Gasteiger partial charge in [0, 0.05) is 24.3 Å². The van der Waals surface area contributed by atoms with Crippen molar-refractivity contribution in [2.75, 3.05) is 23.3 Å². The van der Waals surface area contributed by atoms with Gasteiger partial charge in [-0.1, -0.05) is 6.07 Å². The Morgan fingerprint density at radius 2 is 2.00 bits per heavy atom. The summed E-state index contributed by atoms with van der Waals surface area (Å²) in [4.78, 5) is 27.6. The molecule has 0 atom stereocenters. The molecule has 1 amide bonds. The summed E-state index contributed by atoms with van der Waals surface area (Å²) < 4.78 is 5.90. The van der Waals surface area contributed by atoms with E-state index in [9.17, 15) is 4.79 Å². The van der Waals surface area contributed by atoms with Crippen molar-refractivity contribution < 1.29 is 9.53 Å². The Bertz CT molecular complexity index is 1060. The summed E-state index contributed by atoms with van der Waals surface area (Å²) in [6.45, 7) is 3.41. The molecular formula is C23H25N5O2S. The van der Waals surface area contributed by atoms with Crippen molar-refractivity contribution in [3.8, 4) is 11.4 Å². The Morgan fingerprint density at radius 3 is 2.77 bits per heavy atom. The average Bonchev–Trinajstić information content (AvgIpc) is 3.39. The van der Waals surface area contributed by atoms with Crippen LogP contribution < -0.4 is 10.2 Å². The largest absolute Gasteiger partial charge is 0.441 e. The quantitative estimate of drug-likeness (QED) is 0.614. The molecule has 3 aromatic heterocycles. The van der Waals surface area contributed by atoms with Crippen LogP contribution in [0.1, 0.15) is 31.4 Å². The molecule has 2 aliphatic rings. The van der Waals surface area contributed by atoms with Gasteiger partial charge in [-0.15, -0.1) is 11.3 Å². The number of thiazole rings is 1. The van der Waals surface area contributed by atoms with Crippen LogP contribution in [-0.2, 0) is 4.74 Å². The van der Waals surface area contributed by atoms with E-state index in [0.717, 1.165) is 60.1 Å². The zero-order valence-electron chi connectivity index (χ0n) is 17.5. The summed E-state index contributed by atoms with van der Waals surface area (Å²) in [7, 11) is 0. The van der Waals surface area contributed by atoms with Gasteiger partial charge in [0.2, 0.25) is 0 Å². The number of carbonyl (C=O) groups excluding carboxylic acids is 1. The molecule has 0 bridgehead atoms.